The number of benzene rings is 1. The molecule has 0 amide bonds. The first-order chi connectivity index (χ1) is 8.56. The first-order valence-corrected chi connectivity index (χ1v) is 7.82. The van der Waals surface area contributed by atoms with Crippen molar-refractivity contribution in [3.05, 3.63) is 56.2 Å². The molecule has 0 aliphatic heterocycles. The molecule has 0 spiro atoms. The van der Waals surface area contributed by atoms with Crippen LogP contribution in [0.1, 0.15) is 36.6 Å². The van der Waals surface area contributed by atoms with Crippen LogP contribution in [0.3, 0.4) is 0 Å². The zero-order chi connectivity index (χ0) is 13.1. The van der Waals surface area contributed by atoms with E-state index < -0.39 is 0 Å². The zero-order valence-electron chi connectivity index (χ0n) is 10.7. The maximum Gasteiger partial charge on any atom is 0.0701 e. The van der Waals surface area contributed by atoms with Crippen LogP contribution in [0.4, 0.5) is 0 Å². The van der Waals surface area contributed by atoms with Crippen LogP contribution >= 0.6 is 27.3 Å². The van der Waals surface area contributed by atoms with Gasteiger partial charge in [0.05, 0.1) is 9.83 Å². The lowest BCUT2D eigenvalue weighted by Crippen LogP contribution is -2.10. The molecule has 96 valence electrons. The van der Waals surface area contributed by atoms with Crippen molar-refractivity contribution in [3.63, 3.8) is 0 Å². The van der Waals surface area contributed by atoms with Gasteiger partial charge in [-0.3, -0.25) is 0 Å². The molecule has 1 heterocycles. The van der Waals surface area contributed by atoms with Crippen LogP contribution in [-0.2, 0) is 6.42 Å². The zero-order valence-corrected chi connectivity index (χ0v) is 13.1. The van der Waals surface area contributed by atoms with Crippen LogP contribution in [0, 0.1) is 5.92 Å². The third kappa shape index (κ3) is 3.44. The molecule has 1 atom stereocenters. The maximum atomic E-state index is 6.27. The fraction of sp³-hybridized carbons (Fsp3) is 0.333. The van der Waals surface area contributed by atoms with Crippen molar-refractivity contribution in [3.8, 4) is 0 Å². The van der Waals surface area contributed by atoms with Crippen LogP contribution in [0.5, 0.6) is 0 Å². The molecular weight excluding hydrogens is 306 g/mol. The highest BCUT2D eigenvalue weighted by atomic mass is 79.9. The molecule has 1 aromatic carbocycles. The Labute approximate surface area is 121 Å². The smallest absolute Gasteiger partial charge is 0.0701 e. The van der Waals surface area contributed by atoms with Crippen LogP contribution < -0.4 is 5.73 Å². The summed E-state index contributed by atoms with van der Waals surface area (Å²) in [6, 6.07) is 10.7. The summed E-state index contributed by atoms with van der Waals surface area (Å²) < 4.78 is 1.13. The number of hydrogen-bond acceptors (Lipinski definition) is 2. The van der Waals surface area contributed by atoms with Gasteiger partial charge in [-0.2, -0.15) is 0 Å². The molecule has 1 unspecified atom stereocenters. The van der Waals surface area contributed by atoms with Gasteiger partial charge in [-0.05, 0) is 56.4 Å². The number of halogens is 1. The summed E-state index contributed by atoms with van der Waals surface area (Å²) in [6.07, 6.45) is 1.12. The molecule has 0 aliphatic carbocycles. The van der Waals surface area contributed by atoms with Gasteiger partial charge in [0, 0.05) is 0 Å². The van der Waals surface area contributed by atoms with Gasteiger partial charge in [0.15, 0.2) is 0 Å². The number of hydrogen-bond donors (Lipinski definition) is 1. The Kier molecular flexibility index (Phi) is 4.60. The third-order valence-corrected chi connectivity index (χ3v) is 4.45. The highest BCUT2D eigenvalue weighted by molar-refractivity contribution is 9.11. The van der Waals surface area contributed by atoms with Gasteiger partial charge < -0.3 is 5.73 Å². The number of rotatable bonds is 4. The van der Waals surface area contributed by atoms with E-state index in [-0.39, 0.29) is 6.04 Å². The lowest BCUT2D eigenvalue weighted by Gasteiger charge is -2.12. The van der Waals surface area contributed by atoms with E-state index in [1.807, 2.05) is 0 Å². The molecule has 0 saturated carbocycles. The second kappa shape index (κ2) is 6.00. The predicted molar refractivity (Wildman–Crippen MR) is 83.0 cm³/mol. The third-order valence-electron chi connectivity index (χ3n) is 2.93. The Morgan fingerprint density at radius 1 is 1.17 bits per heavy atom. The van der Waals surface area contributed by atoms with Crippen molar-refractivity contribution in [2.75, 3.05) is 0 Å². The first kappa shape index (κ1) is 13.8. The average molecular weight is 324 g/mol. The minimum atomic E-state index is -0.0272. The van der Waals surface area contributed by atoms with E-state index in [9.17, 15) is 0 Å². The molecule has 2 rings (SSSR count). The topological polar surface area (TPSA) is 26.0 Å². The lowest BCUT2D eigenvalue weighted by molar-refractivity contribution is 0.647. The Morgan fingerprint density at radius 3 is 2.33 bits per heavy atom. The second-order valence-electron chi connectivity index (χ2n) is 5.00. The van der Waals surface area contributed by atoms with E-state index in [1.165, 1.54) is 16.7 Å². The molecule has 0 bridgehead atoms. The van der Waals surface area contributed by atoms with Crippen molar-refractivity contribution in [2.45, 2.75) is 26.3 Å². The van der Waals surface area contributed by atoms with Gasteiger partial charge in [0.25, 0.3) is 0 Å². The Bertz CT molecular complexity index is 501. The first-order valence-electron chi connectivity index (χ1n) is 6.14. The minimum Gasteiger partial charge on any atom is -0.320 e. The van der Waals surface area contributed by atoms with E-state index in [2.05, 4.69) is 65.5 Å². The fourth-order valence-electron chi connectivity index (χ4n) is 2.01. The minimum absolute atomic E-state index is 0.0272. The van der Waals surface area contributed by atoms with Gasteiger partial charge >= 0.3 is 0 Å². The van der Waals surface area contributed by atoms with Crippen LogP contribution in [-0.4, -0.2) is 0 Å². The molecule has 0 aliphatic rings. The molecule has 0 fully saturated rings. The highest BCUT2D eigenvalue weighted by Gasteiger charge is 2.10. The molecule has 0 radical (unpaired) electrons. The SMILES string of the molecule is CC(C)Cc1ccc(C(N)c2csc(Br)c2)cc1. The molecule has 0 saturated heterocycles. The van der Waals surface area contributed by atoms with Gasteiger partial charge in [-0.15, -0.1) is 11.3 Å². The summed E-state index contributed by atoms with van der Waals surface area (Å²) in [5.74, 6) is 0.692. The number of nitrogens with two attached hydrogens (primary N) is 1. The molecule has 2 aromatic rings. The quantitative estimate of drug-likeness (QED) is 0.862. The summed E-state index contributed by atoms with van der Waals surface area (Å²) in [5, 5.41) is 2.11. The Hall–Kier alpha value is -0.640. The number of thiophene rings is 1. The normalized spacial score (nSPS) is 12.9. The van der Waals surface area contributed by atoms with Crippen LogP contribution in [0.15, 0.2) is 39.5 Å². The van der Waals surface area contributed by atoms with Gasteiger partial charge in [0.2, 0.25) is 0 Å². The summed E-state index contributed by atoms with van der Waals surface area (Å²) in [7, 11) is 0. The van der Waals surface area contributed by atoms with Crippen LogP contribution in [0.2, 0.25) is 0 Å². The van der Waals surface area contributed by atoms with E-state index >= 15 is 0 Å². The summed E-state index contributed by atoms with van der Waals surface area (Å²) >= 11 is 5.15. The summed E-state index contributed by atoms with van der Waals surface area (Å²) in [4.78, 5) is 0. The van der Waals surface area contributed by atoms with Gasteiger partial charge in [-0.1, -0.05) is 38.1 Å². The molecule has 1 nitrogen and oxygen atoms in total. The van der Waals surface area contributed by atoms with Crippen molar-refractivity contribution >= 4 is 27.3 Å². The van der Waals surface area contributed by atoms with Crippen molar-refractivity contribution in [1.82, 2.24) is 0 Å². The molecule has 2 N–H and O–H groups in total. The predicted octanol–water partition coefficient (Wildman–Crippen LogP) is 4.76. The maximum absolute atomic E-state index is 6.27. The molecule has 18 heavy (non-hydrogen) atoms. The van der Waals surface area contributed by atoms with E-state index in [1.54, 1.807) is 11.3 Å². The molecular formula is C15H18BrNS. The highest BCUT2D eigenvalue weighted by Crippen LogP contribution is 2.28. The van der Waals surface area contributed by atoms with Crippen molar-refractivity contribution < 1.29 is 0 Å². The monoisotopic (exact) mass is 323 g/mol. The molecule has 1 aromatic heterocycles. The van der Waals surface area contributed by atoms with Gasteiger partial charge in [-0.25, -0.2) is 0 Å². The largest absolute Gasteiger partial charge is 0.320 e. The molecule has 3 heteroatoms. The van der Waals surface area contributed by atoms with E-state index in [0.29, 0.717) is 5.92 Å². The Balaban J connectivity index is 2.14. The van der Waals surface area contributed by atoms with Crippen LogP contribution in [0.25, 0.3) is 0 Å². The lowest BCUT2D eigenvalue weighted by atomic mass is 9.98. The van der Waals surface area contributed by atoms with Gasteiger partial charge in [0.1, 0.15) is 0 Å². The van der Waals surface area contributed by atoms with E-state index in [0.717, 1.165) is 10.2 Å². The average Bonchev–Trinajstić information content (AvgIpc) is 2.75. The van der Waals surface area contributed by atoms with Crippen molar-refractivity contribution in [2.24, 2.45) is 11.7 Å². The van der Waals surface area contributed by atoms with Crippen molar-refractivity contribution in [1.29, 1.82) is 0 Å². The Morgan fingerprint density at radius 2 is 1.83 bits per heavy atom. The standard InChI is InChI=1S/C15H18BrNS/c1-10(2)7-11-3-5-12(6-4-11)15(17)13-8-14(16)18-9-13/h3-6,8-10,15H,7,17H2,1-2H3. The summed E-state index contributed by atoms with van der Waals surface area (Å²) in [5.41, 5.74) is 9.99. The van der Waals surface area contributed by atoms with E-state index in [4.69, 9.17) is 5.73 Å². The second-order valence-corrected chi connectivity index (χ2v) is 7.29. The fourth-order valence-corrected chi connectivity index (χ4v) is 3.22. The summed E-state index contributed by atoms with van der Waals surface area (Å²) in [6.45, 7) is 4.48.